The molecule has 1 aliphatic rings. The number of para-hydroxylation sites is 1. The van der Waals surface area contributed by atoms with Crippen LogP contribution in [0.4, 0.5) is 11.5 Å². The van der Waals surface area contributed by atoms with E-state index in [0.717, 1.165) is 0 Å². The summed E-state index contributed by atoms with van der Waals surface area (Å²) in [4.78, 5) is 17.3. The summed E-state index contributed by atoms with van der Waals surface area (Å²) < 4.78 is 27.2. The SMILES string of the molecule is CCN(c1ccccc1)S(=O)(=O)c1ccc(N2CCC(C(=O)O)C2)nc1. The Kier molecular flexibility index (Phi) is 5.13. The van der Waals surface area contributed by atoms with E-state index in [-0.39, 0.29) is 4.90 Å². The summed E-state index contributed by atoms with van der Waals surface area (Å²) in [5.41, 5.74) is 0.600. The average Bonchev–Trinajstić information content (AvgIpc) is 3.14. The second-order valence-corrected chi connectivity index (χ2v) is 7.99. The van der Waals surface area contributed by atoms with Gasteiger partial charge in [0.15, 0.2) is 0 Å². The molecule has 2 heterocycles. The number of sulfonamides is 1. The smallest absolute Gasteiger partial charge is 0.308 e. The summed E-state index contributed by atoms with van der Waals surface area (Å²) in [5, 5.41) is 9.09. The van der Waals surface area contributed by atoms with Crippen molar-refractivity contribution in [3.8, 4) is 0 Å². The van der Waals surface area contributed by atoms with Gasteiger partial charge in [-0.05, 0) is 37.6 Å². The second-order valence-electron chi connectivity index (χ2n) is 6.13. The van der Waals surface area contributed by atoms with Crippen LogP contribution in [0, 0.1) is 5.92 Å². The molecule has 1 fully saturated rings. The van der Waals surface area contributed by atoms with E-state index in [9.17, 15) is 13.2 Å². The highest BCUT2D eigenvalue weighted by molar-refractivity contribution is 7.92. The van der Waals surface area contributed by atoms with Crippen LogP contribution in [0.2, 0.25) is 0 Å². The van der Waals surface area contributed by atoms with Crippen molar-refractivity contribution < 1.29 is 18.3 Å². The van der Waals surface area contributed by atoms with Crippen LogP contribution in [0.5, 0.6) is 0 Å². The molecular formula is C18H21N3O4S. The van der Waals surface area contributed by atoms with E-state index in [1.54, 1.807) is 37.3 Å². The number of rotatable bonds is 6. The summed E-state index contributed by atoms with van der Waals surface area (Å²) in [5.74, 6) is -0.627. The van der Waals surface area contributed by atoms with Crippen molar-refractivity contribution in [2.24, 2.45) is 5.92 Å². The number of aromatic nitrogens is 1. The number of carbonyl (C=O) groups is 1. The standard InChI is InChI=1S/C18H21N3O4S/c1-2-21(15-6-4-3-5-7-15)26(24,25)16-8-9-17(19-12-16)20-11-10-14(13-20)18(22)23/h3-9,12,14H,2,10-11,13H2,1H3,(H,22,23). The van der Waals surface area contributed by atoms with Crippen molar-refractivity contribution in [3.05, 3.63) is 48.7 Å². The van der Waals surface area contributed by atoms with Gasteiger partial charge in [0.2, 0.25) is 0 Å². The Morgan fingerprint density at radius 2 is 2.00 bits per heavy atom. The van der Waals surface area contributed by atoms with Crippen LogP contribution in [-0.4, -0.2) is 44.1 Å². The number of hydrogen-bond acceptors (Lipinski definition) is 5. The molecule has 138 valence electrons. The van der Waals surface area contributed by atoms with Gasteiger partial charge in [-0.3, -0.25) is 9.10 Å². The van der Waals surface area contributed by atoms with Crippen molar-refractivity contribution in [3.63, 3.8) is 0 Å². The third-order valence-electron chi connectivity index (χ3n) is 4.50. The number of anilines is 2. The normalized spacial score (nSPS) is 17.3. The molecule has 0 saturated carbocycles. The van der Waals surface area contributed by atoms with Gasteiger partial charge in [0, 0.05) is 25.8 Å². The van der Waals surface area contributed by atoms with E-state index in [1.165, 1.54) is 16.6 Å². The van der Waals surface area contributed by atoms with Crippen LogP contribution in [0.25, 0.3) is 0 Å². The zero-order valence-electron chi connectivity index (χ0n) is 14.4. The van der Waals surface area contributed by atoms with E-state index < -0.39 is 21.9 Å². The molecule has 0 aliphatic carbocycles. The van der Waals surface area contributed by atoms with Gasteiger partial charge in [-0.2, -0.15) is 0 Å². The van der Waals surface area contributed by atoms with Crippen molar-refractivity contribution in [2.75, 3.05) is 28.8 Å². The molecule has 7 nitrogen and oxygen atoms in total. The minimum Gasteiger partial charge on any atom is -0.481 e. The second kappa shape index (κ2) is 7.33. The number of pyridine rings is 1. The van der Waals surface area contributed by atoms with Gasteiger partial charge in [-0.25, -0.2) is 13.4 Å². The van der Waals surface area contributed by atoms with Crippen molar-refractivity contribution >= 4 is 27.5 Å². The van der Waals surface area contributed by atoms with Gasteiger partial charge >= 0.3 is 5.97 Å². The van der Waals surface area contributed by atoms with E-state index in [4.69, 9.17) is 5.11 Å². The van der Waals surface area contributed by atoms with E-state index in [1.807, 2.05) is 11.0 Å². The molecule has 1 atom stereocenters. The average molecular weight is 375 g/mol. The highest BCUT2D eigenvalue weighted by Gasteiger charge is 2.29. The lowest BCUT2D eigenvalue weighted by Crippen LogP contribution is -2.31. The molecule has 1 saturated heterocycles. The monoisotopic (exact) mass is 375 g/mol. The molecule has 1 unspecified atom stereocenters. The summed E-state index contributed by atoms with van der Waals surface area (Å²) >= 11 is 0. The van der Waals surface area contributed by atoms with Gasteiger partial charge in [0.05, 0.1) is 11.6 Å². The topological polar surface area (TPSA) is 90.8 Å². The highest BCUT2D eigenvalue weighted by Crippen LogP contribution is 2.26. The maximum Gasteiger partial charge on any atom is 0.308 e. The summed E-state index contributed by atoms with van der Waals surface area (Å²) in [6.07, 6.45) is 1.90. The van der Waals surface area contributed by atoms with Crippen molar-refractivity contribution in [1.82, 2.24) is 4.98 Å². The number of carboxylic acids is 1. The zero-order valence-corrected chi connectivity index (χ0v) is 15.3. The van der Waals surface area contributed by atoms with Gasteiger partial charge in [0.1, 0.15) is 10.7 Å². The van der Waals surface area contributed by atoms with Gasteiger partial charge < -0.3 is 10.0 Å². The van der Waals surface area contributed by atoms with Crippen LogP contribution in [0.15, 0.2) is 53.6 Å². The Labute approximate surface area is 152 Å². The number of nitrogens with zero attached hydrogens (tertiary/aromatic N) is 3. The molecule has 26 heavy (non-hydrogen) atoms. The molecule has 0 spiro atoms. The fraction of sp³-hybridized carbons (Fsp3) is 0.333. The van der Waals surface area contributed by atoms with Crippen molar-refractivity contribution in [1.29, 1.82) is 0 Å². The minimum absolute atomic E-state index is 0.112. The molecule has 0 amide bonds. The first-order valence-electron chi connectivity index (χ1n) is 8.45. The van der Waals surface area contributed by atoms with E-state index in [2.05, 4.69) is 4.98 Å². The first-order valence-corrected chi connectivity index (χ1v) is 9.89. The predicted octanol–water partition coefficient (Wildman–Crippen LogP) is 2.21. The molecule has 0 radical (unpaired) electrons. The Balaban J connectivity index is 1.82. The first kappa shape index (κ1) is 18.2. The van der Waals surface area contributed by atoms with Gasteiger partial charge in [0.25, 0.3) is 10.0 Å². The molecule has 3 rings (SSSR count). The summed E-state index contributed by atoms with van der Waals surface area (Å²) in [6.45, 7) is 3.07. The van der Waals surface area contributed by atoms with Gasteiger partial charge in [-0.1, -0.05) is 18.2 Å². The van der Waals surface area contributed by atoms with Crippen molar-refractivity contribution in [2.45, 2.75) is 18.2 Å². The van der Waals surface area contributed by atoms with Crippen LogP contribution in [0.3, 0.4) is 0 Å². The van der Waals surface area contributed by atoms with Crippen LogP contribution in [0.1, 0.15) is 13.3 Å². The van der Waals surface area contributed by atoms with E-state index in [0.29, 0.717) is 37.6 Å². The third kappa shape index (κ3) is 3.50. The molecular weight excluding hydrogens is 354 g/mol. The lowest BCUT2D eigenvalue weighted by molar-refractivity contribution is -0.140. The molecule has 0 bridgehead atoms. The van der Waals surface area contributed by atoms with Crippen LogP contribution >= 0.6 is 0 Å². The fourth-order valence-electron chi connectivity index (χ4n) is 3.09. The lowest BCUT2D eigenvalue weighted by Gasteiger charge is -2.23. The third-order valence-corrected chi connectivity index (χ3v) is 6.39. The zero-order chi connectivity index (χ0) is 18.7. The largest absolute Gasteiger partial charge is 0.481 e. The number of benzene rings is 1. The number of carboxylic acid groups (broad SMARTS) is 1. The molecule has 8 heteroatoms. The molecule has 1 N–H and O–H groups in total. The molecule has 1 aromatic carbocycles. The van der Waals surface area contributed by atoms with Gasteiger partial charge in [-0.15, -0.1) is 0 Å². The predicted molar refractivity (Wildman–Crippen MR) is 98.8 cm³/mol. The number of aliphatic carboxylic acids is 1. The quantitative estimate of drug-likeness (QED) is 0.832. The highest BCUT2D eigenvalue weighted by atomic mass is 32.2. The molecule has 2 aromatic rings. The minimum atomic E-state index is -3.71. The number of hydrogen-bond donors (Lipinski definition) is 1. The van der Waals surface area contributed by atoms with Crippen LogP contribution < -0.4 is 9.21 Å². The Hall–Kier alpha value is -2.61. The molecule has 1 aromatic heterocycles. The molecule has 1 aliphatic heterocycles. The summed E-state index contributed by atoms with van der Waals surface area (Å²) in [7, 11) is -3.71. The maximum absolute atomic E-state index is 12.9. The Morgan fingerprint density at radius 3 is 2.54 bits per heavy atom. The van der Waals surface area contributed by atoms with E-state index >= 15 is 0 Å². The summed E-state index contributed by atoms with van der Waals surface area (Å²) in [6, 6.07) is 12.1. The fourth-order valence-corrected chi connectivity index (χ4v) is 4.51. The Morgan fingerprint density at radius 1 is 1.27 bits per heavy atom. The van der Waals surface area contributed by atoms with Crippen LogP contribution in [-0.2, 0) is 14.8 Å². The first-order chi connectivity index (χ1) is 12.4. The maximum atomic E-state index is 12.9. The lowest BCUT2D eigenvalue weighted by atomic mass is 10.1. The Bertz CT molecular complexity index is 869.